The van der Waals surface area contributed by atoms with Gasteiger partial charge in [0, 0.05) is 6.42 Å². The van der Waals surface area contributed by atoms with E-state index in [1.807, 2.05) is 0 Å². The first-order valence-electron chi connectivity index (χ1n) is 11.5. The Hall–Kier alpha value is -0.0913. The van der Waals surface area contributed by atoms with Gasteiger partial charge in [-0.25, -0.2) is 0 Å². The fourth-order valence-electron chi connectivity index (χ4n) is 5.76. The van der Waals surface area contributed by atoms with Gasteiger partial charge in [0.1, 0.15) is 0 Å². The molecule has 0 saturated carbocycles. The number of unbranched alkanes of at least 4 members (excludes halogenated alkanes) is 1. The van der Waals surface area contributed by atoms with Gasteiger partial charge >= 0.3 is 7.12 Å². The van der Waals surface area contributed by atoms with E-state index in [2.05, 4.69) is 89.2 Å². The molecule has 0 spiro atoms. The van der Waals surface area contributed by atoms with Gasteiger partial charge < -0.3 is 8.69 Å². The molecule has 0 saturated heterocycles. The van der Waals surface area contributed by atoms with Gasteiger partial charge in [0.2, 0.25) is 0 Å². The molecule has 0 amide bonds. The molecular weight excluding hydrogens is 377 g/mol. The van der Waals surface area contributed by atoms with Gasteiger partial charge in [0.25, 0.3) is 0 Å². The topological polar surface area (TPSA) is 42.2 Å². The van der Waals surface area contributed by atoms with E-state index >= 15 is 0 Å². The lowest BCUT2D eigenvalue weighted by Gasteiger charge is -2.48. The Bertz CT molecular complexity index is 410. The minimum Gasteiger partial charge on any atom is -0.453 e. The number of nitriles is 1. The van der Waals surface area contributed by atoms with Crippen LogP contribution in [0.5, 0.6) is 0 Å². The van der Waals surface area contributed by atoms with Crippen LogP contribution in [-0.4, -0.2) is 23.8 Å². The second-order valence-corrected chi connectivity index (χ2v) is 21.2. The van der Waals surface area contributed by atoms with Crippen LogP contribution >= 0.6 is 0 Å². The highest BCUT2D eigenvalue weighted by atomic mass is 28.4. The van der Waals surface area contributed by atoms with Gasteiger partial charge in [0.15, 0.2) is 16.6 Å². The van der Waals surface area contributed by atoms with Crippen molar-refractivity contribution in [1.82, 2.24) is 0 Å². The van der Waals surface area contributed by atoms with E-state index in [-0.39, 0.29) is 7.12 Å². The zero-order valence-corrected chi connectivity index (χ0v) is 22.9. The van der Waals surface area contributed by atoms with Crippen LogP contribution in [0.15, 0.2) is 0 Å². The molecule has 0 rings (SSSR count). The van der Waals surface area contributed by atoms with Gasteiger partial charge in [-0.15, -0.1) is 0 Å². The summed E-state index contributed by atoms with van der Waals surface area (Å²) in [5.41, 5.74) is 3.18. The van der Waals surface area contributed by atoms with Crippen molar-refractivity contribution in [2.75, 3.05) is 0 Å². The van der Waals surface area contributed by atoms with E-state index in [1.165, 1.54) is 0 Å². The van der Waals surface area contributed by atoms with E-state index in [0.29, 0.717) is 39.7 Å². The van der Waals surface area contributed by atoms with Gasteiger partial charge in [0.05, 0.1) is 6.07 Å². The molecule has 0 fully saturated rings. The lowest BCUT2D eigenvalue weighted by Crippen LogP contribution is -2.57. The van der Waals surface area contributed by atoms with Crippen LogP contribution in [0.2, 0.25) is 39.6 Å². The monoisotopic (exact) mass is 425 g/mol. The third-order valence-electron chi connectivity index (χ3n) is 6.81. The SMILES string of the molecule is CC(C)[Si](OB(CCCC#N)O[Si](C(C)C)(C(C)C)C(C)C)(C(C)C)C(C)C. The Morgan fingerprint density at radius 1 is 0.643 bits per heavy atom. The van der Waals surface area contributed by atoms with Gasteiger partial charge in [-0.1, -0.05) is 83.1 Å². The molecule has 0 aromatic heterocycles. The predicted octanol–water partition coefficient (Wildman–Crippen LogP) is 8.16. The fourth-order valence-corrected chi connectivity index (χ4v) is 16.7. The van der Waals surface area contributed by atoms with Crippen molar-refractivity contribution < 1.29 is 8.69 Å². The van der Waals surface area contributed by atoms with Crippen molar-refractivity contribution in [2.45, 2.75) is 135 Å². The zero-order chi connectivity index (χ0) is 22.3. The molecule has 0 radical (unpaired) electrons. The highest BCUT2D eigenvalue weighted by Gasteiger charge is 2.51. The standard InChI is InChI=1S/C22H48BNO2Si2/c1-17(2)27(18(3)4,19(5)6)25-23(15-13-14-16-24)26-28(20(7)8,21(9)10)22(11)12/h17-22H,13-15H2,1-12H3. The van der Waals surface area contributed by atoms with Gasteiger partial charge in [-0.3, -0.25) is 0 Å². The van der Waals surface area contributed by atoms with Crippen LogP contribution in [0.3, 0.4) is 0 Å². The minimum atomic E-state index is -2.04. The molecule has 0 heterocycles. The van der Waals surface area contributed by atoms with E-state index in [9.17, 15) is 0 Å². The molecule has 6 heteroatoms. The third-order valence-corrected chi connectivity index (χ3v) is 19.0. The van der Waals surface area contributed by atoms with E-state index in [1.54, 1.807) is 0 Å². The van der Waals surface area contributed by atoms with Crippen molar-refractivity contribution in [2.24, 2.45) is 0 Å². The van der Waals surface area contributed by atoms with Crippen LogP contribution in [0, 0.1) is 11.3 Å². The first-order chi connectivity index (χ1) is 12.8. The second-order valence-electron chi connectivity index (χ2n) is 10.4. The average Bonchev–Trinajstić information content (AvgIpc) is 2.54. The quantitative estimate of drug-likeness (QED) is 0.221. The smallest absolute Gasteiger partial charge is 0.435 e. The van der Waals surface area contributed by atoms with E-state index in [0.717, 1.165) is 12.7 Å². The lowest BCUT2D eigenvalue weighted by molar-refractivity contribution is 0.362. The number of nitrogens with zero attached hydrogens (tertiary/aromatic N) is 1. The van der Waals surface area contributed by atoms with Crippen LogP contribution in [0.25, 0.3) is 0 Å². The molecule has 0 aliphatic carbocycles. The maximum Gasteiger partial charge on any atom is 0.435 e. The second kappa shape index (κ2) is 11.9. The summed E-state index contributed by atoms with van der Waals surface area (Å²) in [5, 5.41) is 9.06. The molecule has 0 aliphatic heterocycles. The number of hydrogen-bond donors (Lipinski definition) is 0. The van der Waals surface area contributed by atoms with E-state index < -0.39 is 16.6 Å². The maximum atomic E-state index is 9.06. The maximum absolute atomic E-state index is 9.06. The Kier molecular flexibility index (Phi) is 11.9. The van der Waals surface area contributed by atoms with Crippen molar-refractivity contribution in [3.05, 3.63) is 0 Å². The van der Waals surface area contributed by atoms with Crippen LogP contribution in [0.4, 0.5) is 0 Å². The molecule has 0 unspecified atom stereocenters. The zero-order valence-electron chi connectivity index (χ0n) is 20.9. The summed E-state index contributed by atoms with van der Waals surface area (Å²) < 4.78 is 14.2. The Labute approximate surface area is 179 Å². The molecule has 0 bridgehead atoms. The largest absolute Gasteiger partial charge is 0.453 e. The Morgan fingerprint density at radius 2 is 0.929 bits per heavy atom. The molecule has 0 aromatic rings. The minimum absolute atomic E-state index is 0.175. The fraction of sp³-hybridized carbons (Fsp3) is 0.955. The average molecular weight is 426 g/mol. The normalized spacial score (nSPS) is 13.5. The van der Waals surface area contributed by atoms with Crippen molar-refractivity contribution in [1.29, 1.82) is 5.26 Å². The first kappa shape index (κ1) is 27.9. The molecule has 28 heavy (non-hydrogen) atoms. The van der Waals surface area contributed by atoms with Crippen LogP contribution < -0.4 is 0 Å². The molecule has 0 aromatic carbocycles. The van der Waals surface area contributed by atoms with Crippen molar-refractivity contribution in [3.8, 4) is 6.07 Å². The summed E-state index contributed by atoms with van der Waals surface area (Å²) in [6, 6.07) is 2.30. The third kappa shape index (κ3) is 6.20. The van der Waals surface area contributed by atoms with E-state index in [4.69, 9.17) is 13.9 Å². The van der Waals surface area contributed by atoms with Crippen molar-refractivity contribution >= 4 is 23.8 Å². The van der Waals surface area contributed by atoms with Gasteiger partial charge in [-0.05, 0) is 46.0 Å². The molecule has 0 atom stereocenters. The molecule has 0 aliphatic rings. The molecule has 3 nitrogen and oxygen atoms in total. The summed E-state index contributed by atoms with van der Waals surface area (Å²) in [6.45, 7) is 28.0. The first-order valence-corrected chi connectivity index (χ1v) is 15.8. The number of rotatable bonds is 13. The number of hydrogen-bond acceptors (Lipinski definition) is 3. The summed E-state index contributed by atoms with van der Waals surface area (Å²) in [4.78, 5) is 0. The summed E-state index contributed by atoms with van der Waals surface area (Å²) in [7, 11) is -4.26. The highest BCUT2D eigenvalue weighted by molar-refractivity contribution is 6.86. The summed E-state index contributed by atoms with van der Waals surface area (Å²) in [5.74, 6) is 0. The Morgan fingerprint density at radius 3 is 1.14 bits per heavy atom. The lowest BCUT2D eigenvalue weighted by atomic mass is 9.84. The highest BCUT2D eigenvalue weighted by Crippen LogP contribution is 2.46. The Balaban J connectivity index is 6.08. The summed E-state index contributed by atoms with van der Waals surface area (Å²) in [6.07, 6.45) is 2.25. The van der Waals surface area contributed by atoms with Gasteiger partial charge in [-0.2, -0.15) is 5.26 Å². The molecule has 0 N–H and O–H groups in total. The molecular formula is C22H48BNO2Si2. The summed E-state index contributed by atoms with van der Waals surface area (Å²) >= 11 is 0. The van der Waals surface area contributed by atoms with Crippen LogP contribution in [0.1, 0.15) is 95.9 Å². The molecule has 164 valence electrons. The van der Waals surface area contributed by atoms with Crippen molar-refractivity contribution in [3.63, 3.8) is 0 Å². The van der Waals surface area contributed by atoms with Crippen LogP contribution in [-0.2, 0) is 8.69 Å². The predicted molar refractivity (Wildman–Crippen MR) is 130 cm³/mol.